The van der Waals surface area contributed by atoms with Crippen molar-refractivity contribution >= 4 is 33.3 Å². The van der Waals surface area contributed by atoms with Gasteiger partial charge in [-0.05, 0) is 30.9 Å². The summed E-state index contributed by atoms with van der Waals surface area (Å²) < 4.78 is 28.7. The van der Waals surface area contributed by atoms with Crippen LogP contribution in [0.25, 0.3) is 6.08 Å². The third-order valence-corrected chi connectivity index (χ3v) is 7.00. The molecule has 1 aliphatic rings. The van der Waals surface area contributed by atoms with E-state index in [9.17, 15) is 13.2 Å². The highest BCUT2D eigenvalue weighted by Gasteiger charge is 2.29. The van der Waals surface area contributed by atoms with Gasteiger partial charge in [-0.15, -0.1) is 11.3 Å². The molecule has 0 N–H and O–H groups in total. The Morgan fingerprint density at radius 2 is 2.08 bits per heavy atom. The first-order valence-electron chi connectivity index (χ1n) is 8.38. The van der Waals surface area contributed by atoms with Gasteiger partial charge in [-0.25, -0.2) is 13.4 Å². The van der Waals surface area contributed by atoms with Crippen LogP contribution in [0.5, 0.6) is 0 Å². The summed E-state index contributed by atoms with van der Waals surface area (Å²) in [6.45, 7) is 3.34. The average molecular weight is 395 g/mol. The Kier molecular flexibility index (Phi) is 5.59. The van der Waals surface area contributed by atoms with E-state index < -0.39 is 10.0 Å². The van der Waals surface area contributed by atoms with E-state index >= 15 is 0 Å². The number of aryl methyl sites for hydroxylation is 2. The molecule has 0 aromatic carbocycles. The van der Waals surface area contributed by atoms with Gasteiger partial charge in [0.2, 0.25) is 5.91 Å². The number of rotatable bonds is 4. The number of carbonyl (C=O) groups excluding carboxylic acids is 1. The van der Waals surface area contributed by atoms with Crippen molar-refractivity contribution in [2.45, 2.75) is 18.4 Å². The van der Waals surface area contributed by atoms with E-state index in [0.717, 1.165) is 4.88 Å². The van der Waals surface area contributed by atoms with Gasteiger partial charge in [0.25, 0.3) is 10.0 Å². The van der Waals surface area contributed by atoms with Gasteiger partial charge in [0.15, 0.2) is 5.03 Å². The number of carbonyl (C=O) groups is 1. The van der Waals surface area contributed by atoms with E-state index in [1.165, 1.54) is 10.5 Å². The van der Waals surface area contributed by atoms with Gasteiger partial charge in [-0.2, -0.15) is 4.31 Å². The molecule has 1 aliphatic heterocycles. The normalized spacial score (nSPS) is 16.9. The predicted molar refractivity (Wildman–Crippen MR) is 101 cm³/mol. The van der Waals surface area contributed by atoms with E-state index in [2.05, 4.69) is 4.98 Å². The summed E-state index contributed by atoms with van der Waals surface area (Å²) in [6.07, 6.45) is 5.48. The van der Waals surface area contributed by atoms with Crippen LogP contribution in [0.3, 0.4) is 0 Å². The Hall–Kier alpha value is -1.97. The van der Waals surface area contributed by atoms with Crippen LogP contribution in [0.2, 0.25) is 0 Å². The maximum Gasteiger partial charge on any atom is 0.262 e. The summed E-state index contributed by atoms with van der Waals surface area (Å²) in [5, 5.41) is 2.02. The molecule has 2 aromatic heterocycles. The largest absolute Gasteiger partial charge is 0.338 e. The molecule has 0 unspecified atom stereocenters. The number of sulfonamides is 1. The fourth-order valence-corrected chi connectivity index (χ4v) is 4.90. The number of imidazole rings is 1. The van der Waals surface area contributed by atoms with Gasteiger partial charge in [-0.3, -0.25) is 4.79 Å². The van der Waals surface area contributed by atoms with Gasteiger partial charge in [0.1, 0.15) is 5.82 Å². The summed E-state index contributed by atoms with van der Waals surface area (Å²) in [4.78, 5) is 19.2. The smallest absolute Gasteiger partial charge is 0.262 e. The van der Waals surface area contributed by atoms with Crippen LogP contribution in [0.15, 0.2) is 34.8 Å². The van der Waals surface area contributed by atoms with Crippen LogP contribution in [0.4, 0.5) is 0 Å². The molecule has 1 saturated heterocycles. The highest BCUT2D eigenvalue weighted by atomic mass is 32.2. The molecule has 1 fully saturated rings. The van der Waals surface area contributed by atoms with E-state index in [1.54, 1.807) is 46.9 Å². The molecule has 0 saturated carbocycles. The Labute approximate surface area is 157 Å². The van der Waals surface area contributed by atoms with Crippen LogP contribution >= 0.6 is 11.3 Å². The zero-order chi connectivity index (χ0) is 18.7. The van der Waals surface area contributed by atoms with Crippen molar-refractivity contribution in [3.63, 3.8) is 0 Å². The Morgan fingerprint density at radius 3 is 2.73 bits per heavy atom. The molecule has 0 spiro atoms. The second kappa shape index (κ2) is 7.73. The molecule has 3 rings (SSSR count). The second-order valence-corrected chi connectivity index (χ2v) is 9.03. The summed E-state index contributed by atoms with van der Waals surface area (Å²) in [6, 6.07) is 3.88. The first-order chi connectivity index (χ1) is 12.4. The minimum Gasteiger partial charge on any atom is -0.338 e. The number of amides is 1. The molecule has 1 amide bonds. The fraction of sp³-hybridized carbons (Fsp3) is 0.412. The molecule has 9 heteroatoms. The second-order valence-electron chi connectivity index (χ2n) is 6.17. The van der Waals surface area contributed by atoms with Crippen LogP contribution in [0.1, 0.15) is 17.1 Å². The quantitative estimate of drug-likeness (QED) is 0.740. The van der Waals surface area contributed by atoms with Crippen molar-refractivity contribution in [1.29, 1.82) is 0 Å². The summed E-state index contributed by atoms with van der Waals surface area (Å²) in [7, 11) is -1.87. The standard InChI is InChI=1S/C17H22N4O3S2/c1-14-18-16(13-19(14)2)26(23,24)21-9-4-8-20(10-11-21)17(22)7-6-15-5-3-12-25-15/h3,5-7,12-13H,4,8-11H2,1-2H3/b7-6+. The van der Waals surface area contributed by atoms with Gasteiger partial charge in [0.05, 0.1) is 0 Å². The molecule has 2 aromatic rings. The van der Waals surface area contributed by atoms with Crippen molar-refractivity contribution in [3.8, 4) is 0 Å². The first kappa shape index (κ1) is 18.8. The molecule has 3 heterocycles. The average Bonchev–Trinajstić information content (AvgIpc) is 3.15. The van der Waals surface area contributed by atoms with Crippen molar-refractivity contribution in [2.24, 2.45) is 7.05 Å². The van der Waals surface area contributed by atoms with Crippen LogP contribution in [-0.4, -0.2) is 59.3 Å². The van der Waals surface area contributed by atoms with Gasteiger partial charge in [0, 0.05) is 50.4 Å². The maximum atomic E-state index is 12.8. The summed E-state index contributed by atoms with van der Waals surface area (Å²) in [5.41, 5.74) is 0. The number of aromatic nitrogens is 2. The lowest BCUT2D eigenvalue weighted by molar-refractivity contribution is -0.125. The Bertz CT molecular complexity index is 881. The van der Waals surface area contributed by atoms with Crippen LogP contribution < -0.4 is 0 Å². The molecule has 0 bridgehead atoms. The molecular weight excluding hydrogens is 372 g/mol. The first-order valence-corrected chi connectivity index (χ1v) is 10.7. The van der Waals surface area contributed by atoms with E-state index in [0.29, 0.717) is 31.9 Å². The fourth-order valence-electron chi connectivity index (χ4n) is 2.78. The molecule has 26 heavy (non-hydrogen) atoms. The number of thiophene rings is 1. The third kappa shape index (κ3) is 4.05. The van der Waals surface area contributed by atoms with Gasteiger partial charge < -0.3 is 9.47 Å². The van der Waals surface area contributed by atoms with E-state index in [-0.39, 0.29) is 17.5 Å². The molecular formula is C17H22N4O3S2. The highest BCUT2D eigenvalue weighted by Crippen LogP contribution is 2.17. The van der Waals surface area contributed by atoms with E-state index in [4.69, 9.17) is 0 Å². The molecule has 0 radical (unpaired) electrons. The van der Waals surface area contributed by atoms with Crippen molar-refractivity contribution < 1.29 is 13.2 Å². The lowest BCUT2D eigenvalue weighted by atomic mass is 10.3. The number of nitrogens with zero attached hydrogens (tertiary/aromatic N) is 4. The number of hydrogen-bond donors (Lipinski definition) is 0. The highest BCUT2D eigenvalue weighted by molar-refractivity contribution is 7.89. The lowest BCUT2D eigenvalue weighted by Gasteiger charge is -2.20. The van der Waals surface area contributed by atoms with Crippen molar-refractivity contribution in [2.75, 3.05) is 26.2 Å². The van der Waals surface area contributed by atoms with Gasteiger partial charge >= 0.3 is 0 Å². The van der Waals surface area contributed by atoms with E-state index in [1.807, 2.05) is 17.5 Å². The zero-order valence-electron chi connectivity index (χ0n) is 14.8. The van der Waals surface area contributed by atoms with Crippen molar-refractivity contribution in [1.82, 2.24) is 18.8 Å². The van der Waals surface area contributed by atoms with Crippen molar-refractivity contribution in [3.05, 3.63) is 40.5 Å². The SMILES string of the molecule is Cc1nc(S(=O)(=O)N2CCCN(C(=O)/C=C/c3cccs3)CC2)cn1C. The molecule has 0 atom stereocenters. The minimum absolute atomic E-state index is 0.0647. The molecule has 140 valence electrons. The van der Waals surface area contributed by atoms with Gasteiger partial charge in [-0.1, -0.05) is 6.07 Å². The summed E-state index contributed by atoms with van der Waals surface area (Å²) >= 11 is 1.57. The molecule has 0 aliphatic carbocycles. The molecule has 7 nitrogen and oxygen atoms in total. The predicted octanol–water partition coefficient (Wildman–Crippen LogP) is 1.73. The monoisotopic (exact) mass is 394 g/mol. The minimum atomic E-state index is -3.64. The Balaban J connectivity index is 1.67. The summed E-state index contributed by atoms with van der Waals surface area (Å²) in [5.74, 6) is 0.556. The Morgan fingerprint density at radius 1 is 1.27 bits per heavy atom. The van der Waals surface area contributed by atoms with Crippen LogP contribution in [0, 0.1) is 6.92 Å². The lowest BCUT2D eigenvalue weighted by Crippen LogP contribution is -2.36. The zero-order valence-corrected chi connectivity index (χ0v) is 16.5. The topological polar surface area (TPSA) is 75.5 Å². The van der Waals surface area contributed by atoms with Crippen LogP contribution in [-0.2, 0) is 21.9 Å². The number of hydrogen-bond acceptors (Lipinski definition) is 5. The maximum absolute atomic E-state index is 12.8. The third-order valence-electron chi connectivity index (χ3n) is 4.39.